The molecule has 1 atom stereocenters. The summed E-state index contributed by atoms with van der Waals surface area (Å²) in [5, 5.41) is 12.9. The first-order valence-electron chi connectivity index (χ1n) is 11.2. The van der Waals surface area contributed by atoms with Crippen molar-refractivity contribution in [1.29, 1.82) is 0 Å². The van der Waals surface area contributed by atoms with Gasteiger partial charge in [0.15, 0.2) is 5.78 Å². The lowest BCUT2D eigenvalue weighted by Crippen LogP contribution is -2.28. The number of nitrogens with one attached hydrogen (secondary N) is 1. The molecule has 2 aromatic heterocycles. The number of carbonyl (C=O) groups excluding carboxylic acids is 1. The molecule has 1 aliphatic rings. The molecule has 1 unspecified atom stereocenters. The van der Waals surface area contributed by atoms with Gasteiger partial charge in [0.2, 0.25) is 0 Å². The Hall–Kier alpha value is -3.54. The Balaban J connectivity index is 1.58. The minimum absolute atomic E-state index is 0.0585. The van der Waals surface area contributed by atoms with Crippen LogP contribution in [0.4, 0.5) is 4.39 Å². The van der Waals surface area contributed by atoms with Crippen LogP contribution < -0.4 is 0 Å². The highest BCUT2D eigenvalue weighted by Crippen LogP contribution is 2.38. The third kappa shape index (κ3) is 3.90. The number of hydrogen-bond donors (Lipinski definition) is 1. The lowest BCUT2D eigenvalue weighted by atomic mass is 9.85. The van der Waals surface area contributed by atoms with Gasteiger partial charge in [-0.15, -0.1) is 0 Å². The molecule has 0 fully saturated rings. The van der Waals surface area contributed by atoms with Gasteiger partial charge >= 0.3 is 0 Å². The van der Waals surface area contributed by atoms with Gasteiger partial charge in [-0.05, 0) is 48.4 Å². The number of halogens is 1. The highest BCUT2D eigenvalue weighted by Gasteiger charge is 2.34. The van der Waals surface area contributed by atoms with Crippen molar-refractivity contribution in [3.05, 3.63) is 94.2 Å². The molecule has 0 saturated heterocycles. The van der Waals surface area contributed by atoms with Crippen molar-refractivity contribution >= 4 is 16.7 Å². The quantitative estimate of drug-likeness (QED) is 0.456. The van der Waals surface area contributed by atoms with Gasteiger partial charge in [-0.2, -0.15) is 10.2 Å². The average molecular weight is 443 g/mol. The molecular weight excluding hydrogens is 415 g/mol. The normalized spacial score (nSPS) is 16.3. The summed E-state index contributed by atoms with van der Waals surface area (Å²) in [5.41, 5.74) is 6.45. The van der Waals surface area contributed by atoms with Crippen LogP contribution in [0.2, 0.25) is 0 Å². The molecule has 0 amide bonds. The maximum Gasteiger partial charge on any atom is 0.165 e. The molecule has 5 nitrogen and oxygen atoms in total. The SMILES string of the molecule is CC1=C(C(=O)Cc2ccc3[nH]ncc3c2)C(c2ccc(F)cc2)n2nc(C(C)(C)C)cc2C1. The Labute approximate surface area is 192 Å². The molecule has 0 bridgehead atoms. The van der Waals surface area contributed by atoms with Gasteiger partial charge in [-0.3, -0.25) is 14.6 Å². The molecule has 0 spiro atoms. The van der Waals surface area contributed by atoms with Crippen LogP contribution in [0.1, 0.15) is 56.3 Å². The van der Waals surface area contributed by atoms with Gasteiger partial charge in [0.05, 0.1) is 17.4 Å². The second-order valence-electron chi connectivity index (χ2n) is 9.93. The van der Waals surface area contributed by atoms with Crippen LogP contribution in [0, 0.1) is 5.82 Å². The Morgan fingerprint density at radius 3 is 2.64 bits per heavy atom. The van der Waals surface area contributed by atoms with Crippen LogP contribution in [-0.4, -0.2) is 25.8 Å². The van der Waals surface area contributed by atoms with Crippen LogP contribution in [0.15, 0.2) is 65.9 Å². The second kappa shape index (κ2) is 7.80. The van der Waals surface area contributed by atoms with E-state index in [1.165, 1.54) is 12.1 Å². The molecule has 5 rings (SSSR count). The topological polar surface area (TPSA) is 63.6 Å². The lowest BCUT2D eigenvalue weighted by Gasteiger charge is -2.29. The van der Waals surface area contributed by atoms with E-state index >= 15 is 0 Å². The molecule has 0 radical (unpaired) electrons. The van der Waals surface area contributed by atoms with Crippen LogP contribution in [0.5, 0.6) is 0 Å². The molecule has 2 aromatic carbocycles. The van der Waals surface area contributed by atoms with Gasteiger partial charge in [0, 0.05) is 34.9 Å². The number of hydrogen-bond acceptors (Lipinski definition) is 3. The number of Topliss-reactive ketones (excluding diaryl/α,β-unsaturated/α-hetero) is 1. The fourth-order valence-electron chi connectivity index (χ4n) is 4.60. The number of benzene rings is 2. The molecule has 3 heterocycles. The Kier molecular flexibility index (Phi) is 5.04. The highest BCUT2D eigenvalue weighted by atomic mass is 19.1. The molecule has 0 aliphatic carbocycles. The number of H-pyrrole nitrogens is 1. The average Bonchev–Trinajstić information content (AvgIpc) is 3.39. The third-order valence-electron chi connectivity index (χ3n) is 6.36. The molecular formula is C27H27FN4O. The monoisotopic (exact) mass is 442 g/mol. The van der Waals surface area contributed by atoms with Crippen molar-refractivity contribution in [2.45, 2.75) is 52.0 Å². The second-order valence-corrected chi connectivity index (χ2v) is 9.93. The van der Waals surface area contributed by atoms with Gasteiger partial charge in [0.25, 0.3) is 0 Å². The van der Waals surface area contributed by atoms with E-state index < -0.39 is 0 Å². The van der Waals surface area contributed by atoms with Crippen molar-refractivity contribution in [3.8, 4) is 0 Å². The van der Waals surface area contributed by atoms with Crippen LogP contribution in [0.3, 0.4) is 0 Å². The summed E-state index contributed by atoms with van der Waals surface area (Å²) in [7, 11) is 0. The van der Waals surface area contributed by atoms with Crippen LogP contribution in [-0.2, 0) is 23.1 Å². The van der Waals surface area contributed by atoms with Crippen molar-refractivity contribution in [3.63, 3.8) is 0 Å². The standard InChI is InChI=1S/C27H27FN4O/c1-16-11-21-14-24(27(2,3)4)31-32(21)26(18-6-8-20(28)9-7-18)25(16)23(33)13-17-5-10-22-19(12-17)15-29-30-22/h5-10,12,14-15,26H,11,13H2,1-4H3,(H,29,30). The van der Waals surface area contributed by atoms with Gasteiger partial charge in [0.1, 0.15) is 11.9 Å². The summed E-state index contributed by atoms with van der Waals surface area (Å²) in [6.45, 7) is 8.42. The van der Waals surface area contributed by atoms with Crippen molar-refractivity contribution in [2.75, 3.05) is 0 Å². The molecule has 4 aromatic rings. The third-order valence-corrected chi connectivity index (χ3v) is 6.36. The summed E-state index contributed by atoms with van der Waals surface area (Å²) in [6, 6.07) is 14.1. The molecule has 0 saturated carbocycles. The largest absolute Gasteiger partial charge is 0.294 e. The van der Waals surface area contributed by atoms with E-state index in [2.05, 4.69) is 37.0 Å². The van der Waals surface area contributed by atoms with E-state index in [9.17, 15) is 9.18 Å². The maximum atomic E-state index is 13.7. The summed E-state index contributed by atoms with van der Waals surface area (Å²) < 4.78 is 15.7. The molecule has 1 N–H and O–H groups in total. The summed E-state index contributed by atoms with van der Waals surface area (Å²) >= 11 is 0. The maximum absolute atomic E-state index is 13.7. The summed E-state index contributed by atoms with van der Waals surface area (Å²) in [6.07, 6.45) is 2.72. The number of aromatic nitrogens is 4. The zero-order valence-electron chi connectivity index (χ0n) is 19.3. The zero-order chi connectivity index (χ0) is 23.3. The summed E-state index contributed by atoms with van der Waals surface area (Å²) in [4.78, 5) is 13.7. The number of carbonyl (C=O) groups is 1. The zero-order valence-corrected chi connectivity index (χ0v) is 19.3. The number of nitrogens with zero attached hydrogens (tertiary/aromatic N) is 3. The van der Waals surface area contributed by atoms with Crippen LogP contribution in [0.25, 0.3) is 10.9 Å². The first-order valence-corrected chi connectivity index (χ1v) is 11.2. The lowest BCUT2D eigenvalue weighted by molar-refractivity contribution is -0.115. The number of fused-ring (bicyclic) bond motifs is 2. The number of allylic oxidation sites excluding steroid dienone is 2. The van der Waals surface area contributed by atoms with Gasteiger partial charge < -0.3 is 0 Å². The molecule has 33 heavy (non-hydrogen) atoms. The molecule has 1 aliphatic heterocycles. The van der Waals surface area contributed by atoms with Gasteiger partial charge in [-0.25, -0.2) is 4.39 Å². The number of rotatable bonds is 4. The van der Waals surface area contributed by atoms with E-state index in [1.807, 2.05) is 29.8 Å². The predicted octanol–water partition coefficient (Wildman–Crippen LogP) is 5.47. The Morgan fingerprint density at radius 1 is 1.15 bits per heavy atom. The van der Waals surface area contributed by atoms with Crippen LogP contribution >= 0.6 is 0 Å². The predicted molar refractivity (Wildman–Crippen MR) is 127 cm³/mol. The van der Waals surface area contributed by atoms with E-state index in [-0.39, 0.29) is 29.5 Å². The van der Waals surface area contributed by atoms with E-state index in [4.69, 9.17) is 5.10 Å². The minimum atomic E-state index is -0.379. The van der Waals surface area contributed by atoms with E-state index in [0.29, 0.717) is 6.42 Å². The fourth-order valence-corrected chi connectivity index (χ4v) is 4.60. The van der Waals surface area contributed by atoms with E-state index in [0.717, 1.165) is 44.6 Å². The van der Waals surface area contributed by atoms with Gasteiger partial charge in [-0.1, -0.05) is 44.5 Å². The fraction of sp³-hybridized carbons (Fsp3) is 0.296. The van der Waals surface area contributed by atoms with E-state index in [1.54, 1.807) is 18.3 Å². The highest BCUT2D eigenvalue weighted by molar-refractivity contribution is 5.99. The van der Waals surface area contributed by atoms with Crippen molar-refractivity contribution in [1.82, 2.24) is 20.0 Å². The smallest absolute Gasteiger partial charge is 0.165 e. The number of aromatic amines is 1. The first-order chi connectivity index (χ1) is 15.7. The minimum Gasteiger partial charge on any atom is -0.294 e. The van der Waals surface area contributed by atoms with Crippen molar-refractivity contribution in [2.24, 2.45) is 0 Å². The summed E-state index contributed by atoms with van der Waals surface area (Å²) in [5.74, 6) is -0.240. The molecule has 168 valence electrons. The number of ketones is 1. The van der Waals surface area contributed by atoms with Crippen molar-refractivity contribution < 1.29 is 9.18 Å². The Bertz CT molecular complexity index is 1390. The Morgan fingerprint density at radius 2 is 1.91 bits per heavy atom. The first kappa shape index (κ1) is 21.3. The molecule has 6 heteroatoms.